The lowest BCUT2D eigenvalue weighted by atomic mass is 10.1. The van der Waals surface area contributed by atoms with Crippen LogP contribution in [-0.4, -0.2) is 48.1 Å². The van der Waals surface area contributed by atoms with Gasteiger partial charge in [0.15, 0.2) is 5.82 Å². The summed E-state index contributed by atoms with van der Waals surface area (Å²) in [5.74, 6) is -0.209. The molecule has 2 heterocycles. The smallest absolute Gasteiger partial charge is 0.334 e. The Kier molecular flexibility index (Phi) is 7.57. The second-order valence-electron chi connectivity index (χ2n) is 8.16. The minimum absolute atomic E-state index is 0.0248. The lowest BCUT2D eigenvalue weighted by molar-refractivity contribution is -0.131. The van der Waals surface area contributed by atoms with Gasteiger partial charge >= 0.3 is 6.03 Å². The number of anilines is 1. The number of aromatic nitrogens is 2. The number of likely N-dealkylation sites (tertiary alicyclic amines) is 1. The zero-order valence-electron chi connectivity index (χ0n) is 19.1. The summed E-state index contributed by atoms with van der Waals surface area (Å²) in [6.07, 6.45) is 2.79. The van der Waals surface area contributed by atoms with Crippen LogP contribution in [0.3, 0.4) is 0 Å². The molecule has 186 valence electrons. The van der Waals surface area contributed by atoms with E-state index >= 15 is 0 Å². The van der Waals surface area contributed by atoms with Gasteiger partial charge in [0.25, 0.3) is 10.0 Å². The van der Waals surface area contributed by atoms with Crippen LogP contribution in [0.5, 0.6) is 0 Å². The van der Waals surface area contributed by atoms with Gasteiger partial charge in [-0.15, -0.1) is 0 Å². The van der Waals surface area contributed by atoms with Crippen molar-refractivity contribution in [3.8, 4) is 11.8 Å². The fourth-order valence-corrected chi connectivity index (χ4v) is 4.94. The SMILES string of the molecule is N#Cc1c(CC(=O)N2CCCCC2)nn(-c2ccccc2)c1NC(=O)NS(=O)(=O)c1ccc(Cl)cc1. The van der Waals surface area contributed by atoms with E-state index in [0.29, 0.717) is 23.8 Å². The first kappa shape index (κ1) is 25.2. The molecule has 1 fully saturated rings. The third-order valence-corrected chi connectivity index (χ3v) is 7.28. The number of nitrogens with one attached hydrogen (secondary N) is 2. The molecule has 0 radical (unpaired) electrons. The maximum Gasteiger partial charge on any atom is 0.334 e. The van der Waals surface area contributed by atoms with Gasteiger partial charge in [-0.2, -0.15) is 10.4 Å². The maximum absolute atomic E-state index is 12.9. The van der Waals surface area contributed by atoms with E-state index < -0.39 is 16.1 Å². The molecule has 1 aromatic heterocycles. The Morgan fingerprint density at radius 2 is 1.69 bits per heavy atom. The Hall–Kier alpha value is -3.88. The lowest BCUT2D eigenvalue weighted by Gasteiger charge is -2.26. The molecular formula is C24H23ClN6O4S. The minimum Gasteiger partial charge on any atom is -0.342 e. The number of carbonyl (C=O) groups is 2. The summed E-state index contributed by atoms with van der Waals surface area (Å²) >= 11 is 5.81. The van der Waals surface area contributed by atoms with Crippen molar-refractivity contribution in [1.82, 2.24) is 19.4 Å². The number of benzene rings is 2. The largest absolute Gasteiger partial charge is 0.342 e. The standard InChI is InChI=1S/C24H23ClN6O4S/c25-17-9-11-19(12-10-17)36(34,35)29-24(33)27-23-20(16-26)21(15-22(32)30-13-5-2-6-14-30)28-31(23)18-7-3-1-4-8-18/h1,3-4,7-12H,2,5-6,13-15H2,(H2,27,29,33). The molecule has 0 aliphatic carbocycles. The second-order valence-corrected chi connectivity index (χ2v) is 10.3. The van der Waals surface area contributed by atoms with Gasteiger partial charge in [0, 0.05) is 18.1 Å². The van der Waals surface area contributed by atoms with Crippen LogP contribution in [-0.2, 0) is 21.2 Å². The van der Waals surface area contributed by atoms with E-state index in [2.05, 4.69) is 10.4 Å². The van der Waals surface area contributed by atoms with Crippen molar-refractivity contribution in [2.24, 2.45) is 0 Å². The summed E-state index contributed by atoms with van der Waals surface area (Å²) in [6.45, 7) is 1.30. The fraction of sp³-hybridized carbons (Fsp3) is 0.250. The van der Waals surface area contributed by atoms with Crippen molar-refractivity contribution in [3.05, 3.63) is 70.9 Å². The lowest BCUT2D eigenvalue weighted by Crippen LogP contribution is -2.36. The van der Waals surface area contributed by atoms with Crippen molar-refractivity contribution in [3.63, 3.8) is 0 Å². The average molecular weight is 527 g/mol. The number of carbonyl (C=O) groups excluding carboxylic acids is 2. The zero-order valence-corrected chi connectivity index (χ0v) is 20.7. The molecule has 0 saturated carbocycles. The maximum atomic E-state index is 12.9. The molecule has 1 aliphatic rings. The van der Waals surface area contributed by atoms with Gasteiger partial charge in [-0.05, 0) is 55.7 Å². The first-order valence-electron chi connectivity index (χ1n) is 11.2. The molecule has 0 atom stereocenters. The molecule has 12 heteroatoms. The van der Waals surface area contributed by atoms with E-state index in [1.165, 1.54) is 28.9 Å². The molecule has 2 aromatic carbocycles. The number of hydrogen-bond acceptors (Lipinski definition) is 6. The van der Waals surface area contributed by atoms with Crippen LogP contribution in [0.25, 0.3) is 5.69 Å². The van der Waals surface area contributed by atoms with Gasteiger partial charge in [0.1, 0.15) is 11.6 Å². The van der Waals surface area contributed by atoms with Crippen LogP contribution >= 0.6 is 11.6 Å². The molecule has 2 N–H and O–H groups in total. The van der Waals surface area contributed by atoms with E-state index in [1.54, 1.807) is 35.2 Å². The molecular weight excluding hydrogens is 504 g/mol. The molecule has 0 spiro atoms. The summed E-state index contributed by atoms with van der Waals surface area (Å²) in [6, 6.07) is 14.9. The van der Waals surface area contributed by atoms with Crippen LogP contribution in [0.15, 0.2) is 59.5 Å². The highest BCUT2D eigenvalue weighted by Crippen LogP contribution is 2.25. The van der Waals surface area contributed by atoms with Crippen LogP contribution < -0.4 is 10.0 Å². The van der Waals surface area contributed by atoms with Gasteiger partial charge in [-0.1, -0.05) is 29.8 Å². The monoisotopic (exact) mass is 526 g/mol. The number of nitriles is 1. The quantitative estimate of drug-likeness (QED) is 0.504. The molecule has 3 amide bonds. The van der Waals surface area contributed by atoms with E-state index in [-0.39, 0.29) is 34.3 Å². The Morgan fingerprint density at radius 3 is 2.33 bits per heavy atom. The van der Waals surface area contributed by atoms with Crippen molar-refractivity contribution >= 4 is 39.4 Å². The third kappa shape index (κ3) is 5.67. The predicted molar refractivity (Wildman–Crippen MR) is 133 cm³/mol. The highest BCUT2D eigenvalue weighted by Gasteiger charge is 2.26. The number of rotatable bonds is 6. The van der Waals surface area contributed by atoms with E-state index in [0.717, 1.165) is 19.3 Å². The Labute approximate surface area is 213 Å². The minimum atomic E-state index is -4.21. The normalized spacial score (nSPS) is 13.6. The average Bonchev–Trinajstić information content (AvgIpc) is 3.21. The Bertz CT molecular complexity index is 1410. The van der Waals surface area contributed by atoms with Crippen LogP contribution in [0, 0.1) is 11.3 Å². The first-order chi connectivity index (χ1) is 17.3. The van der Waals surface area contributed by atoms with Crippen LogP contribution in [0.2, 0.25) is 5.02 Å². The summed E-state index contributed by atoms with van der Waals surface area (Å²) < 4.78 is 28.5. The van der Waals surface area contributed by atoms with Crippen LogP contribution in [0.1, 0.15) is 30.5 Å². The van der Waals surface area contributed by atoms with Gasteiger partial charge in [0.05, 0.1) is 22.7 Å². The zero-order chi connectivity index (χ0) is 25.7. The summed E-state index contributed by atoms with van der Waals surface area (Å²) in [7, 11) is -4.21. The van der Waals surface area contributed by atoms with Crippen molar-refractivity contribution in [1.29, 1.82) is 5.26 Å². The fourth-order valence-electron chi connectivity index (χ4n) is 3.90. The topological polar surface area (TPSA) is 137 Å². The number of amides is 3. The molecule has 0 bridgehead atoms. The Morgan fingerprint density at radius 1 is 1.03 bits per heavy atom. The summed E-state index contributed by atoms with van der Waals surface area (Å²) in [5.41, 5.74) is 0.678. The first-order valence-corrected chi connectivity index (χ1v) is 13.1. The van der Waals surface area contributed by atoms with E-state index in [1.807, 2.05) is 10.8 Å². The number of halogens is 1. The molecule has 0 unspecified atom stereocenters. The molecule has 3 aromatic rings. The molecule has 36 heavy (non-hydrogen) atoms. The Balaban J connectivity index is 1.64. The molecule has 1 saturated heterocycles. The highest BCUT2D eigenvalue weighted by atomic mass is 35.5. The van der Waals surface area contributed by atoms with Gasteiger partial charge < -0.3 is 4.90 Å². The highest BCUT2D eigenvalue weighted by molar-refractivity contribution is 7.90. The number of nitrogens with zero attached hydrogens (tertiary/aromatic N) is 4. The summed E-state index contributed by atoms with van der Waals surface area (Å²) in [5, 5.41) is 17.1. The molecule has 1 aliphatic heterocycles. The summed E-state index contributed by atoms with van der Waals surface area (Å²) in [4.78, 5) is 27.2. The van der Waals surface area contributed by atoms with E-state index in [9.17, 15) is 23.3 Å². The number of urea groups is 1. The van der Waals surface area contributed by atoms with Gasteiger partial charge in [-0.25, -0.2) is 22.6 Å². The van der Waals surface area contributed by atoms with Gasteiger partial charge in [-0.3, -0.25) is 10.1 Å². The van der Waals surface area contributed by atoms with Crippen LogP contribution in [0.4, 0.5) is 10.6 Å². The molecule has 4 rings (SSSR count). The number of hydrogen-bond donors (Lipinski definition) is 2. The number of piperidine rings is 1. The van der Waals surface area contributed by atoms with E-state index in [4.69, 9.17) is 11.6 Å². The predicted octanol–water partition coefficient (Wildman–Crippen LogP) is 3.46. The van der Waals surface area contributed by atoms with Gasteiger partial charge in [0.2, 0.25) is 5.91 Å². The third-order valence-electron chi connectivity index (χ3n) is 5.68. The second kappa shape index (κ2) is 10.8. The van der Waals surface area contributed by atoms with Crippen molar-refractivity contribution < 1.29 is 18.0 Å². The van der Waals surface area contributed by atoms with Crippen molar-refractivity contribution in [2.45, 2.75) is 30.6 Å². The number of para-hydroxylation sites is 1. The molecule has 10 nitrogen and oxygen atoms in total. The van der Waals surface area contributed by atoms with Crippen molar-refractivity contribution in [2.75, 3.05) is 18.4 Å². The number of sulfonamides is 1.